The summed E-state index contributed by atoms with van der Waals surface area (Å²) in [5.74, 6) is 0.349. The van der Waals surface area contributed by atoms with E-state index in [-0.39, 0.29) is 17.6 Å². The Morgan fingerprint density at radius 1 is 1.12 bits per heavy atom. The van der Waals surface area contributed by atoms with Crippen molar-refractivity contribution in [3.63, 3.8) is 0 Å². The largest absolute Gasteiger partial charge is 0.484 e. The van der Waals surface area contributed by atoms with Crippen LogP contribution < -0.4 is 15.4 Å². The molecule has 0 spiro atoms. The summed E-state index contributed by atoms with van der Waals surface area (Å²) in [5.41, 5.74) is 4.22. The van der Waals surface area contributed by atoms with Crippen molar-refractivity contribution in [1.29, 1.82) is 0 Å². The molecule has 0 saturated heterocycles. The van der Waals surface area contributed by atoms with Gasteiger partial charge in [-0.25, -0.2) is 0 Å². The molecule has 0 aliphatic rings. The Kier molecular flexibility index (Phi) is 6.34. The molecule has 2 N–H and O–H groups in total. The average molecular weight is 407 g/mol. The SMILES string of the molecule is Cc1ccc(NC(=S)NC(=O)COc2ccc(C)c(C)c2)c(Br)c1. The lowest BCUT2D eigenvalue weighted by atomic mass is 10.1. The lowest BCUT2D eigenvalue weighted by Gasteiger charge is -2.12. The van der Waals surface area contributed by atoms with Gasteiger partial charge in [-0.2, -0.15) is 0 Å². The van der Waals surface area contributed by atoms with Crippen LogP contribution in [0.3, 0.4) is 0 Å². The molecule has 0 heterocycles. The average Bonchev–Trinajstić information content (AvgIpc) is 2.51. The minimum absolute atomic E-state index is 0.0978. The first-order valence-electron chi connectivity index (χ1n) is 7.42. The van der Waals surface area contributed by atoms with Gasteiger partial charge in [0.1, 0.15) is 5.75 Å². The number of hydrogen-bond donors (Lipinski definition) is 2. The first-order chi connectivity index (χ1) is 11.3. The van der Waals surface area contributed by atoms with Crippen LogP contribution in [0.25, 0.3) is 0 Å². The Bertz CT molecular complexity index is 778. The zero-order valence-electron chi connectivity index (χ0n) is 13.8. The van der Waals surface area contributed by atoms with Crippen LogP contribution in [-0.4, -0.2) is 17.6 Å². The van der Waals surface area contributed by atoms with E-state index < -0.39 is 0 Å². The number of anilines is 1. The quantitative estimate of drug-likeness (QED) is 0.744. The van der Waals surface area contributed by atoms with Gasteiger partial charge >= 0.3 is 0 Å². The minimum Gasteiger partial charge on any atom is -0.484 e. The molecule has 0 aliphatic carbocycles. The van der Waals surface area contributed by atoms with Gasteiger partial charge in [-0.3, -0.25) is 10.1 Å². The summed E-state index contributed by atoms with van der Waals surface area (Å²) in [4.78, 5) is 11.9. The maximum absolute atomic E-state index is 11.9. The molecule has 1 amide bonds. The van der Waals surface area contributed by atoms with E-state index in [9.17, 15) is 4.79 Å². The van der Waals surface area contributed by atoms with Crippen molar-refractivity contribution in [2.75, 3.05) is 11.9 Å². The Morgan fingerprint density at radius 3 is 2.54 bits per heavy atom. The summed E-state index contributed by atoms with van der Waals surface area (Å²) in [7, 11) is 0. The zero-order valence-corrected chi connectivity index (χ0v) is 16.2. The molecule has 0 unspecified atom stereocenters. The van der Waals surface area contributed by atoms with Gasteiger partial charge in [-0.1, -0.05) is 12.1 Å². The predicted molar refractivity (Wildman–Crippen MR) is 105 cm³/mol. The van der Waals surface area contributed by atoms with Gasteiger partial charge in [0.2, 0.25) is 0 Å². The number of carbonyl (C=O) groups excluding carboxylic acids is 1. The normalized spacial score (nSPS) is 10.2. The van der Waals surface area contributed by atoms with E-state index in [0.717, 1.165) is 21.3 Å². The summed E-state index contributed by atoms with van der Waals surface area (Å²) < 4.78 is 6.37. The molecular formula is C18H19BrN2O2S. The second kappa shape index (κ2) is 8.26. The molecule has 4 nitrogen and oxygen atoms in total. The lowest BCUT2D eigenvalue weighted by molar-refractivity contribution is -0.121. The number of aryl methyl sites for hydroxylation is 3. The van der Waals surface area contributed by atoms with E-state index in [1.54, 1.807) is 0 Å². The highest BCUT2D eigenvalue weighted by Crippen LogP contribution is 2.23. The smallest absolute Gasteiger partial charge is 0.264 e. The summed E-state index contributed by atoms with van der Waals surface area (Å²) in [6.45, 7) is 5.93. The van der Waals surface area contributed by atoms with Crippen LogP contribution in [0.1, 0.15) is 16.7 Å². The van der Waals surface area contributed by atoms with Gasteiger partial charge in [0.25, 0.3) is 5.91 Å². The molecule has 0 bridgehead atoms. The van der Waals surface area contributed by atoms with Crippen LogP contribution in [0.2, 0.25) is 0 Å². The highest BCUT2D eigenvalue weighted by atomic mass is 79.9. The number of benzene rings is 2. The number of thiocarbonyl (C=S) groups is 1. The predicted octanol–water partition coefficient (Wildman–Crippen LogP) is 4.27. The number of halogens is 1. The number of rotatable bonds is 4. The first-order valence-corrected chi connectivity index (χ1v) is 8.62. The Labute approximate surface area is 155 Å². The maximum atomic E-state index is 11.9. The van der Waals surface area contributed by atoms with Crippen LogP contribution in [-0.2, 0) is 4.79 Å². The fourth-order valence-electron chi connectivity index (χ4n) is 1.99. The fraction of sp³-hybridized carbons (Fsp3) is 0.222. The van der Waals surface area contributed by atoms with Gasteiger partial charge in [-0.05, 0) is 89.9 Å². The third kappa shape index (κ3) is 5.32. The molecule has 6 heteroatoms. The van der Waals surface area contributed by atoms with Crippen molar-refractivity contribution in [2.24, 2.45) is 0 Å². The van der Waals surface area contributed by atoms with Crippen LogP contribution in [0.15, 0.2) is 40.9 Å². The number of carbonyl (C=O) groups is 1. The van der Waals surface area contributed by atoms with E-state index in [2.05, 4.69) is 26.6 Å². The van der Waals surface area contributed by atoms with E-state index >= 15 is 0 Å². The van der Waals surface area contributed by atoms with Gasteiger partial charge in [-0.15, -0.1) is 0 Å². The van der Waals surface area contributed by atoms with Crippen LogP contribution in [0.4, 0.5) is 5.69 Å². The molecule has 0 aliphatic heterocycles. The molecule has 2 aromatic carbocycles. The zero-order chi connectivity index (χ0) is 17.7. The first kappa shape index (κ1) is 18.4. The van der Waals surface area contributed by atoms with Crippen LogP contribution >= 0.6 is 28.1 Å². The second-order valence-corrected chi connectivity index (χ2v) is 6.78. The van der Waals surface area contributed by atoms with E-state index in [0.29, 0.717) is 5.75 Å². The molecular weight excluding hydrogens is 388 g/mol. The highest BCUT2D eigenvalue weighted by Gasteiger charge is 2.08. The minimum atomic E-state index is -0.311. The molecule has 0 atom stereocenters. The third-order valence-corrected chi connectivity index (χ3v) is 4.33. The number of ether oxygens (including phenoxy) is 1. The maximum Gasteiger partial charge on any atom is 0.264 e. The van der Waals surface area contributed by atoms with Gasteiger partial charge in [0, 0.05) is 4.47 Å². The van der Waals surface area contributed by atoms with E-state index in [1.165, 1.54) is 5.56 Å². The molecule has 126 valence electrons. The van der Waals surface area contributed by atoms with E-state index in [1.807, 2.05) is 57.2 Å². The summed E-state index contributed by atoms with van der Waals surface area (Å²) in [6.07, 6.45) is 0. The van der Waals surface area contributed by atoms with Crippen molar-refractivity contribution >= 4 is 44.9 Å². The number of nitrogens with one attached hydrogen (secondary N) is 2. The van der Waals surface area contributed by atoms with E-state index in [4.69, 9.17) is 17.0 Å². The molecule has 0 aromatic heterocycles. The molecule has 0 radical (unpaired) electrons. The molecule has 0 saturated carbocycles. The lowest BCUT2D eigenvalue weighted by Crippen LogP contribution is -2.37. The van der Waals surface area contributed by atoms with Crippen LogP contribution in [0.5, 0.6) is 5.75 Å². The second-order valence-electron chi connectivity index (χ2n) is 5.52. The molecule has 2 aromatic rings. The van der Waals surface area contributed by atoms with Crippen molar-refractivity contribution in [3.8, 4) is 5.75 Å². The summed E-state index contributed by atoms with van der Waals surface area (Å²) in [6, 6.07) is 11.5. The fourth-order valence-corrected chi connectivity index (χ4v) is 2.81. The van der Waals surface area contributed by atoms with Crippen molar-refractivity contribution in [3.05, 3.63) is 57.6 Å². The Morgan fingerprint density at radius 2 is 1.88 bits per heavy atom. The summed E-state index contributed by atoms with van der Waals surface area (Å²) in [5, 5.41) is 5.81. The van der Waals surface area contributed by atoms with Crippen LogP contribution in [0, 0.1) is 20.8 Å². The molecule has 2 rings (SSSR count). The standard InChI is InChI=1S/C18H19BrN2O2S/c1-11-4-7-16(15(19)8-11)20-18(24)21-17(22)10-23-14-6-5-12(2)13(3)9-14/h4-9H,10H2,1-3H3,(H2,20,21,22,24). The van der Waals surface area contributed by atoms with Crippen molar-refractivity contribution < 1.29 is 9.53 Å². The molecule has 24 heavy (non-hydrogen) atoms. The highest BCUT2D eigenvalue weighted by molar-refractivity contribution is 9.10. The third-order valence-electron chi connectivity index (χ3n) is 3.47. The van der Waals surface area contributed by atoms with Crippen molar-refractivity contribution in [2.45, 2.75) is 20.8 Å². The topological polar surface area (TPSA) is 50.4 Å². The van der Waals surface area contributed by atoms with Crippen molar-refractivity contribution in [1.82, 2.24) is 5.32 Å². The van der Waals surface area contributed by atoms with Gasteiger partial charge < -0.3 is 10.1 Å². The summed E-state index contributed by atoms with van der Waals surface area (Å²) >= 11 is 8.61. The van der Waals surface area contributed by atoms with Gasteiger partial charge in [0.15, 0.2) is 11.7 Å². The Balaban J connectivity index is 1.85. The number of amides is 1. The number of hydrogen-bond acceptors (Lipinski definition) is 3. The monoisotopic (exact) mass is 406 g/mol. The Hall–Kier alpha value is -1.92. The van der Waals surface area contributed by atoms with Gasteiger partial charge in [0.05, 0.1) is 5.69 Å². The molecule has 0 fully saturated rings.